The lowest BCUT2D eigenvalue weighted by molar-refractivity contribution is 0.748. The molecule has 80 valence electrons. The largest absolute Gasteiger partial charge is 0.305 e. The van der Waals surface area contributed by atoms with Gasteiger partial charge in [0.2, 0.25) is 0 Å². The number of benzene rings is 1. The Morgan fingerprint density at radius 3 is 2.67 bits per heavy atom. The van der Waals surface area contributed by atoms with E-state index in [2.05, 4.69) is 49.4 Å². The summed E-state index contributed by atoms with van der Waals surface area (Å²) in [5, 5.41) is 3.75. The molecule has 15 heavy (non-hydrogen) atoms. The average Bonchev–Trinajstić information content (AvgIpc) is 2.22. The van der Waals surface area contributed by atoms with Crippen LogP contribution in [-0.2, 0) is 0 Å². The van der Waals surface area contributed by atoms with Crippen molar-refractivity contribution >= 4 is 11.8 Å². The number of rotatable bonds is 5. The fourth-order valence-electron chi connectivity index (χ4n) is 1.24. The zero-order valence-electron chi connectivity index (χ0n) is 9.29. The lowest BCUT2D eigenvalue weighted by Crippen LogP contribution is -2.22. The summed E-state index contributed by atoms with van der Waals surface area (Å²) >= 11 is 1.87. The van der Waals surface area contributed by atoms with Gasteiger partial charge >= 0.3 is 0 Å². The molecule has 0 fully saturated rings. The van der Waals surface area contributed by atoms with E-state index >= 15 is 0 Å². The molecule has 0 heterocycles. The monoisotopic (exact) mass is 219 g/mol. The molecule has 0 aliphatic carbocycles. The van der Waals surface area contributed by atoms with Crippen molar-refractivity contribution in [3.63, 3.8) is 0 Å². The fourth-order valence-corrected chi connectivity index (χ4v) is 2.20. The summed E-state index contributed by atoms with van der Waals surface area (Å²) < 4.78 is 0. The molecule has 2 heteroatoms. The highest BCUT2D eigenvalue weighted by molar-refractivity contribution is 8.00. The first kappa shape index (κ1) is 12.2. The minimum Gasteiger partial charge on any atom is -0.305 e. The Morgan fingerprint density at radius 2 is 2.07 bits per heavy atom. The first-order valence-corrected chi connectivity index (χ1v) is 5.98. The van der Waals surface area contributed by atoms with Crippen molar-refractivity contribution in [3.05, 3.63) is 29.8 Å². The topological polar surface area (TPSA) is 12.0 Å². The molecule has 1 aromatic rings. The van der Waals surface area contributed by atoms with Gasteiger partial charge in [-0.2, -0.15) is 0 Å². The maximum atomic E-state index is 5.16. The summed E-state index contributed by atoms with van der Waals surface area (Å²) in [6.45, 7) is 5.90. The van der Waals surface area contributed by atoms with Gasteiger partial charge < -0.3 is 5.32 Å². The summed E-state index contributed by atoms with van der Waals surface area (Å²) in [5.74, 6) is 2.57. The number of hydrogen-bond acceptors (Lipinski definition) is 2. The van der Waals surface area contributed by atoms with Crippen molar-refractivity contribution in [1.29, 1.82) is 0 Å². The van der Waals surface area contributed by atoms with Crippen LogP contribution < -0.4 is 5.32 Å². The molecule has 0 aliphatic rings. The zero-order valence-corrected chi connectivity index (χ0v) is 10.1. The van der Waals surface area contributed by atoms with Crippen molar-refractivity contribution in [2.75, 3.05) is 13.1 Å². The Morgan fingerprint density at radius 1 is 1.40 bits per heavy atom. The summed E-state index contributed by atoms with van der Waals surface area (Å²) in [6.07, 6.45) is 5.16. The molecule has 0 saturated carbocycles. The molecule has 1 unspecified atom stereocenters. The number of hydrogen-bond donors (Lipinski definition) is 1. The van der Waals surface area contributed by atoms with E-state index in [1.165, 1.54) is 10.5 Å². The zero-order chi connectivity index (χ0) is 11.1. The van der Waals surface area contributed by atoms with Crippen LogP contribution in [0.5, 0.6) is 0 Å². The van der Waals surface area contributed by atoms with Gasteiger partial charge in [0.15, 0.2) is 0 Å². The lowest BCUT2D eigenvalue weighted by Gasteiger charge is -2.11. The van der Waals surface area contributed by atoms with E-state index in [0.29, 0.717) is 11.8 Å². The molecule has 0 aliphatic heterocycles. The predicted molar refractivity (Wildman–Crippen MR) is 68.2 cm³/mol. The van der Waals surface area contributed by atoms with Gasteiger partial charge in [-0.05, 0) is 19.1 Å². The van der Waals surface area contributed by atoms with Crippen LogP contribution in [0, 0.1) is 19.3 Å². The first-order chi connectivity index (χ1) is 7.22. The van der Waals surface area contributed by atoms with Crippen LogP contribution in [-0.4, -0.2) is 18.3 Å². The van der Waals surface area contributed by atoms with E-state index < -0.39 is 0 Å². The second-order valence-corrected chi connectivity index (χ2v) is 5.09. The van der Waals surface area contributed by atoms with E-state index in [1.54, 1.807) is 0 Å². The number of terminal acetylenes is 1. The third-order valence-corrected chi connectivity index (χ3v) is 3.13. The highest BCUT2D eigenvalue weighted by Gasteiger charge is 2.02. The third-order valence-electron chi connectivity index (χ3n) is 2.02. The molecule has 0 radical (unpaired) electrons. The summed E-state index contributed by atoms with van der Waals surface area (Å²) in [6, 6.07) is 8.61. The Labute approximate surface area is 96.7 Å². The van der Waals surface area contributed by atoms with Gasteiger partial charge in [-0.15, -0.1) is 18.2 Å². The highest BCUT2D eigenvalue weighted by Crippen LogP contribution is 2.22. The molecule has 0 spiro atoms. The number of nitrogens with one attached hydrogen (secondary N) is 1. The van der Waals surface area contributed by atoms with Crippen molar-refractivity contribution in [3.8, 4) is 12.3 Å². The quantitative estimate of drug-likeness (QED) is 0.464. The standard InChI is InChI=1S/C13H17NS/c1-4-9-14-10-12(3)15-13-7-5-11(2)6-8-13/h1,5-8,12,14H,9-10H2,2-3H3. The van der Waals surface area contributed by atoms with E-state index in [-0.39, 0.29) is 0 Å². The Balaban J connectivity index is 2.34. The molecule has 1 aromatic carbocycles. The molecule has 1 atom stereocenters. The molecule has 1 N–H and O–H groups in total. The van der Waals surface area contributed by atoms with E-state index in [4.69, 9.17) is 6.42 Å². The van der Waals surface area contributed by atoms with Crippen molar-refractivity contribution < 1.29 is 0 Å². The van der Waals surface area contributed by atoms with Gasteiger partial charge in [0.05, 0.1) is 6.54 Å². The van der Waals surface area contributed by atoms with Gasteiger partial charge in [0.25, 0.3) is 0 Å². The van der Waals surface area contributed by atoms with Crippen LogP contribution in [0.1, 0.15) is 12.5 Å². The molecule has 0 bridgehead atoms. The normalized spacial score (nSPS) is 12.1. The SMILES string of the molecule is C#CCNCC(C)Sc1ccc(C)cc1. The van der Waals surface area contributed by atoms with Crippen LogP contribution in [0.4, 0.5) is 0 Å². The van der Waals surface area contributed by atoms with Crippen molar-refractivity contribution in [1.82, 2.24) is 5.32 Å². The van der Waals surface area contributed by atoms with Crippen LogP contribution in [0.25, 0.3) is 0 Å². The van der Waals surface area contributed by atoms with Crippen LogP contribution in [0.3, 0.4) is 0 Å². The summed E-state index contributed by atoms with van der Waals surface area (Å²) in [4.78, 5) is 1.32. The second-order valence-electron chi connectivity index (χ2n) is 3.58. The summed E-state index contributed by atoms with van der Waals surface area (Å²) in [7, 11) is 0. The Bertz CT molecular complexity index is 323. The second kappa shape index (κ2) is 6.55. The molecule has 1 rings (SSSR count). The Hall–Kier alpha value is -0.910. The minimum atomic E-state index is 0.543. The maximum Gasteiger partial charge on any atom is 0.0574 e. The predicted octanol–water partition coefficient (Wildman–Crippen LogP) is 2.70. The van der Waals surface area contributed by atoms with Crippen molar-refractivity contribution in [2.45, 2.75) is 24.0 Å². The minimum absolute atomic E-state index is 0.543. The maximum absolute atomic E-state index is 5.16. The molecule has 0 saturated heterocycles. The number of aryl methyl sites for hydroxylation is 1. The lowest BCUT2D eigenvalue weighted by atomic mass is 10.2. The highest BCUT2D eigenvalue weighted by atomic mass is 32.2. The molecule has 0 amide bonds. The number of thioether (sulfide) groups is 1. The van der Waals surface area contributed by atoms with Gasteiger partial charge in [-0.1, -0.05) is 30.5 Å². The third kappa shape index (κ3) is 4.92. The van der Waals surface area contributed by atoms with Crippen LogP contribution in [0.15, 0.2) is 29.2 Å². The molecule has 1 nitrogen and oxygen atoms in total. The van der Waals surface area contributed by atoms with E-state index in [9.17, 15) is 0 Å². The molecular weight excluding hydrogens is 202 g/mol. The van der Waals surface area contributed by atoms with Crippen LogP contribution >= 0.6 is 11.8 Å². The van der Waals surface area contributed by atoms with Gasteiger partial charge in [-0.3, -0.25) is 0 Å². The smallest absolute Gasteiger partial charge is 0.0574 e. The van der Waals surface area contributed by atoms with E-state index in [0.717, 1.165) is 6.54 Å². The fraction of sp³-hybridized carbons (Fsp3) is 0.385. The van der Waals surface area contributed by atoms with Gasteiger partial charge in [0.1, 0.15) is 0 Å². The average molecular weight is 219 g/mol. The van der Waals surface area contributed by atoms with Crippen LogP contribution in [0.2, 0.25) is 0 Å². The first-order valence-electron chi connectivity index (χ1n) is 5.10. The summed E-state index contributed by atoms with van der Waals surface area (Å²) in [5.41, 5.74) is 1.30. The van der Waals surface area contributed by atoms with E-state index in [1.807, 2.05) is 11.8 Å². The molecular formula is C13H17NS. The van der Waals surface area contributed by atoms with Gasteiger partial charge in [-0.25, -0.2) is 0 Å². The Kier molecular flexibility index (Phi) is 5.31. The van der Waals surface area contributed by atoms with Crippen molar-refractivity contribution in [2.24, 2.45) is 0 Å². The molecule has 0 aromatic heterocycles. The van der Waals surface area contributed by atoms with Gasteiger partial charge in [0, 0.05) is 16.7 Å².